The molecule has 6 heteroatoms. The minimum Gasteiger partial charge on any atom is -0.493 e. The Hall–Kier alpha value is -1.30. The van der Waals surface area contributed by atoms with E-state index < -0.39 is 0 Å². The summed E-state index contributed by atoms with van der Waals surface area (Å²) in [6.07, 6.45) is 5.46. The van der Waals surface area contributed by atoms with Crippen molar-refractivity contribution >= 4 is 24.0 Å². The third kappa shape index (κ3) is 4.51. The SMILES string of the molecule is Cl.O=C(Nc1ccc(OCC2CCOCC2)cc1)C1CC12CCNCC2. The van der Waals surface area contributed by atoms with Gasteiger partial charge in [-0.05, 0) is 80.8 Å². The van der Waals surface area contributed by atoms with Crippen LogP contribution in [0.15, 0.2) is 24.3 Å². The van der Waals surface area contributed by atoms with Crippen LogP contribution in [0.25, 0.3) is 0 Å². The van der Waals surface area contributed by atoms with Gasteiger partial charge in [-0.2, -0.15) is 0 Å². The molecule has 1 unspecified atom stereocenters. The Kier molecular flexibility index (Phi) is 6.43. The second-order valence-electron chi connectivity index (χ2n) is 7.75. The van der Waals surface area contributed by atoms with Crippen LogP contribution in [0.3, 0.4) is 0 Å². The fourth-order valence-corrected chi connectivity index (χ4v) is 4.19. The van der Waals surface area contributed by atoms with E-state index in [4.69, 9.17) is 9.47 Å². The first-order valence-electron chi connectivity index (χ1n) is 9.57. The molecule has 0 radical (unpaired) electrons. The minimum atomic E-state index is 0. The lowest BCUT2D eigenvalue weighted by molar-refractivity contribution is -0.118. The highest BCUT2D eigenvalue weighted by Gasteiger charge is 2.57. The lowest BCUT2D eigenvalue weighted by Crippen LogP contribution is -2.31. The topological polar surface area (TPSA) is 59.6 Å². The minimum absolute atomic E-state index is 0. The number of hydrogen-bond acceptors (Lipinski definition) is 4. The summed E-state index contributed by atoms with van der Waals surface area (Å²) in [6.45, 7) is 4.52. The van der Waals surface area contributed by atoms with Gasteiger partial charge in [0.25, 0.3) is 0 Å². The number of piperidine rings is 1. The molecular formula is C20H29ClN2O3. The summed E-state index contributed by atoms with van der Waals surface area (Å²) in [4.78, 5) is 12.5. The van der Waals surface area contributed by atoms with Gasteiger partial charge >= 0.3 is 0 Å². The molecule has 3 fully saturated rings. The van der Waals surface area contributed by atoms with Crippen LogP contribution in [0.5, 0.6) is 5.75 Å². The summed E-state index contributed by atoms with van der Waals surface area (Å²) < 4.78 is 11.3. The molecule has 1 aliphatic carbocycles. The van der Waals surface area contributed by atoms with Crippen molar-refractivity contribution in [2.24, 2.45) is 17.3 Å². The molecule has 3 aliphatic rings. The molecule has 0 aromatic heterocycles. The molecule has 1 amide bonds. The van der Waals surface area contributed by atoms with Crippen molar-refractivity contribution in [3.8, 4) is 5.75 Å². The van der Waals surface area contributed by atoms with Crippen LogP contribution in [0.1, 0.15) is 32.1 Å². The average Bonchev–Trinajstić information content (AvgIpc) is 3.35. The van der Waals surface area contributed by atoms with E-state index in [2.05, 4.69) is 10.6 Å². The normalized spacial score (nSPS) is 24.5. The fourth-order valence-electron chi connectivity index (χ4n) is 4.19. The van der Waals surface area contributed by atoms with E-state index in [0.29, 0.717) is 5.92 Å². The van der Waals surface area contributed by atoms with Crippen LogP contribution in [-0.4, -0.2) is 38.8 Å². The zero-order valence-electron chi connectivity index (χ0n) is 15.2. The largest absolute Gasteiger partial charge is 0.493 e. The summed E-state index contributed by atoms with van der Waals surface area (Å²) >= 11 is 0. The Labute approximate surface area is 161 Å². The van der Waals surface area contributed by atoms with Crippen LogP contribution in [0.2, 0.25) is 0 Å². The number of rotatable bonds is 5. The van der Waals surface area contributed by atoms with E-state index in [-0.39, 0.29) is 29.6 Å². The standard InChI is InChI=1S/C20H28N2O3.ClH/c23-19(18-13-20(18)7-9-21-10-8-20)22-16-1-3-17(4-2-16)25-14-15-5-11-24-12-6-15;/h1-4,15,18,21H,5-14H2,(H,22,23);1H. The second kappa shape index (κ2) is 8.59. The molecule has 2 heterocycles. The van der Waals surface area contributed by atoms with Gasteiger partial charge in [-0.15, -0.1) is 12.4 Å². The number of carbonyl (C=O) groups excluding carboxylic acids is 1. The third-order valence-corrected chi connectivity index (χ3v) is 6.05. The van der Waals surface area contributed by atoms with E-state index >= 15 is 0 Å². The monoisotopic (exact) mass is 380 g/mol. The number of ether oxygens (including phenoxy) is 2. The van der Waals surface area contributed by atoms with Crippen LogP contribution in [0.4, 0.5) is 5.69 Å². The molecule has 144 valence electrons. The first-order chi connectivity index (χ1) is 12.3. The Balaban J connectivity index is 0.00000196. The molecule has 5 nitrogen and oxygen atoms in total. The van der Waals surface area contributed by atoms with E-state index in [0.717, 1.165) is 76.5 Å². The van der Waals surface area contributed by atoms with Crippen molar-refractivity contribution in [2.75, 3.05) is 38.2 Å². The Bertz CT molecular complexity index is 596. The molecular weight excluding hydrogens is 352 g/mol. The maximum absolute atomic E-state index is 12.5. The highest BCUT2D eigenvalue weighted by Crippen LogP contribution is 2.58. The summed E-state index contributed by atoms with van der Waals surface area (Å²) in [6, 6.07) is 7.77. The number of amides is 1. The maximum atomic E-state index is 12.5. The quantitative estimate of drug-likeness (QED) is 0.823. The average molecular weight is 381 g/mol. The summed E-state index contributed by atoms with van der Waals surface area (Å²) in [5.74, 6) is 1.83. The first-order valence-corrected chi connectivity index (χ1v) is 9.57. The van der Waals surface area contributed by atoms with Crippen molar-refractivity contribution in [3.05, 3.63) is 24.3 Å². The van der Waals surface area contributed by atoms with Crippen molar-refractivity contribution < 1.29 is 14.3 Å². The molecule has 1 spiro atoms. The number of carbonyl (C=O) groups is 1. The summed E-state index contributed by atoms with van der Waals surface area (Å²) in [5, 5.41) is 6.46. The highest BCUT2D eigenvalue weighted by atomic mass is 35.5. The molecule has 4 rings (SSSR count). The van der Waals surface area contributed by atoms with Gasteiger partial charge in [0.2, 0.25) is 5.91 Å². The van der Waals surface area contributed by atoms with Gasteiger partial charge in [0.1, 0.15) is 5.75 Å². The van der Waals surface area contributed by atoms with E-state index in [9.17, 15) is 4.79 Å². The van der Waals surface area contributed by atoms with Crippen molar-refractivity contribution in [1.82, 2.24) is 5.32 Å². The van der Waals surface area contributed by atoms with Crippen molar-refractivity contribution in [2.45, 2.75) is 32.1 Å². The van der Waals surface area contributed by atoms with E-state index in [1.54, 1.807) is 0 Å². The smallest absolute Gasteiger partial charge is 0.228 e. The highest BCUT2D eigenvalue weighted by molar-refractivity contribution is 5.95. The predicted molar refractivity (Wildman–Crippen MR) is 104 cm³/mol. The van der Waals surface area contributed by atoms with Gasteiger partial charge < -0.3 is 20.1 Å². The second-order valence-corrected chi connectivity index (χ2v) is 7.75. The molecule has 1 aromatic carbocycles. The summed E-state index contributed by atoms with van der Waals surface area (Å²) in [7, 11) is 0. The van der Waals surface area contributed by atoms with Gasteiger partial charge in [-0.1, -0.05) is 0 Å². The van der Waals surface area contributed by atoms with E-state index in [1.165, 1.54) is 0 Å². The zero-order chi connectivity index (χ0) is 17.1. The molecule has 1 saturated carbocycles. The molecule has 2 aliphatic heterocycles. The molecule has 1 atom stereocenters. The van der Waals surface area contributed by atoms with Crippen LogP contribution >= 0.6 is 12.4 Å². The van der Waals surface area contributed by atoms with Crippen molar-refractivity contribution in [1.29, 1.82) is 0 Å². The van der Waals surface area contributed by atoms with E-state index in [1.807, 2.05) is 24.3 Å². The van der Waals surface area contributed by atoms with Gasteiger partial charge in [-0.3, -0.25) is 4.79 Å². The van der Waals surface area contributed by atoms with Gasteiger partial charge in [0, 0.05) is 24.8 Å². The van der Waals surface area contributed by atoms with Crippen LogP contribution in [-0.2, 0) is 9.53 Å². The molecule has 0 bridgehead atoms. The Morgan fingerprint density at radius 2 is 1.88 bits per heavy atom. The third-order valence-electron chi connectivity index (χ3n) is 6.05. The number of benzene rings is 1. The first kappa shape index (κ1) is 19.5. The number of halogens is 1. The number of hydrogen-bond donors (Lipinski definition) is 2. The molecule has 1 aromatic rings. The zero-order valence-corrected chi connectivity index (χ0v) is 16.0. The predicted octanol–water partition coefficient (Wildman–Crippen LogP) is 3.24. The Morgan fingerprint density at radius 1 is 1.19 bits per heavy atom. The molecule has 2 N–H and O–H groups in total. The number of nitrogens with one attached hydrogen (secondary N) is 2. The summed E-state index contributed by atoms with van der Waals surface area (Å²) in [5.41, 5.74) is 1.14. The van der Waals surface area contributed by atoms with Gasteiger partial charge in [-0.25, -0.2) is 0 Å². The molecule has 2 saturated heterocycles. The van der Waals surface area contributed by atoms with Crippen molar-refractivity contribution in [3.63, 3.8) is 0 Å². The van der Waals surface area contributed by atoms with Crippen LogP contribution < -0.4 is 15.4 Å². The van der Waals surface area contributed by atoms with Gasteiger partial charge in [0.05, 0.1) is 6.61 Å². The lowest BCUT2D eigenvalue weighted by atomic mass is 9.92. The number of anilines is 1. The van der Waals surface area contributed by atoms with Gasteiger partial charge in [0.15, 0.2) is 0 Å². The van der Waals surface area contributed by atoms with Crippen LogP contribution in [0, 0.1) is 17.3 Å². The fraction of sp³-hybridized carbons (Fsp3) is 0.650. The molecule has 26 heavy (non-hydrogen) atoms. The maximum Gasteiger partial charge on any atom is 0.228 e. The Morgan fingerprint density at radius 3 is 2.58 bits per heavy atom. The lowest BCUT2D eigenvalue weighted by Gasteiger charge is -2.23.